The van der Waals surface area contributed by atoms with Crippen LogP contribution in [-0.4, -0.2) is 40.7 Å². The van der Waals surface area contributed by atoms with E-state index in [0.29, 0.717) is 38.4 Å². The predicted molar refractivity (Wildman–Crippen MR) is 112 cm³/mol. The number of ether oxygens (including phenoxy) is 1. The number of esters is 1. The molecule has 164 valence electrons. The van der Waals surface area contributed by atoms with Crippen LogP contribution in [0.25, 0.3) is 0 Å². The smallest absolute Gasteiger partial charge is 0.332 e. The van der Waals surface area contributed by atoms with Gasteiger partial charge in [-0.15, -0.1) is 0 Å². The van der Waals surface area contributed by atoms with Gasteiger partial charge in [-0.1, -0.05) is 12.8 Å². The summed E-state index contributed by atoms with van der Waals surface area (Å²) in [5.41, 5.74) is -0.703. The summed E-state index contributed by atoms with van der Waals surface area (Å²) in [7, 11) is 3.06. The Hall–Kier alpha value is -2.58. The van der Waals surface area contributed by atoms with Gasteiger partial charge in [0.05, 0.1) is 6.61 Å². The molecule has 1 aromatic heterocycles. The number of unbranched alkanes of at least 4 members (excludes halogenated alkanes) is 4. The highest BCUT2D eigenvalue weighted by Crippen LogP contribution is 2.04. The topological polar surface area (TPSA) is 111 Å². The van der Waals surface area contributed by atoms with Crippen molar-refractivity contribution in [3.05, 3.63) is 26.9 Å². The molecule has 0 saturated heterocycles. The molecule has 1 heterocycles. The molecule has 0 radical (unpaired) electrons. The van der Waals surface area contributed by atoms with E-state index in [9.17, 15) is 19.2 Å². The number of anilines is 1. The van der Waals surface area contributed by atoms with E-state index in [1.807, 2.05) is 0 Å². The third-order valence-corrected chi connectivity index (χ3v) is 4.60. The summed E-state index contributed by atoms with van der Waals surface area (Å²) in [5.74, 6) is 0.374. The van der Waals surface area contributed by atoms with Crippen LogP contribution in [0.4, 0.5) is 5.82 Å². The Balaban J connectivity index is 2.06. The second-order valence-corrected chi connectivity index (χ2v) is 6.97. The minimum atomic E-state index is -0.363. The molecule has 0 aromatic carbocycles. The SMILES string of the molecule is CCOC(=O)CCCCCNC(=O)CCCCCNc1cc(=O)n(C)c(=O)n1C. The number of nitrogens with one attached hydrogen (secondary N) is 2. The highest BCUT2D eigenvalue weighted by molar-refractivity contribution is 5.75. The zero-order chi connectivity index (χ0) is 21.6. The van der Waals surface area contributed by atoms with Gasteiger partial charge < -0.3 is 15.4 Å². The zero-order valence-corrected chi connectivity index (χ0v) is 17.8. The maximum Gasteiger partial charge on any atom is 0.332 e. The first-order valence-corrected chi connectivity index (χ1v) is 10.3. The Kier molecular flexibility index (Phi) is 11.4. The maximum absolute atomic E-state index is 11.8. The van der Waals surface area contributed by atoms with Crippen LogP contribution in [0.5, 0.6) is 0 Å². The molecule has 0 bridgehead atoms. The monoisotopic (exact) mass is 410 g/mol. The van der Waals surface area contributed by atoms with Crippen LogP contribution in [0.3, 0.4) is 0 Å². The molecule has 0 fully saturated rings. The summed E-state index contributed by atoms with van der Waals surface area (Å²) < 4.78 is 7.33. The number of hydrogen-bond donors (Lipinski definition) is 2. The van der Waals surface area contributed by atoms with Crippen LogP contribution >= 0.6 is 0 Å². The van der Waals surface area contributed by atoms with Crippen LogP contribution in [0.15, 0.2) is 15.7 Å². The number of amides is 1. The van der Waals surface area contributed by atoms with E-state index in [1.54, 1.807) is 14.0 Å². The van der Waals surface area contributed by atoms with Crippen LogP contribution in [0.1, 0.15) is 58.3 Å². The molecule has 0 spiro atoms. The molecular formula is C20H34N4O5. The van der Waals surface area contributed by atoms with Crippen molar-refractivity contribution in [2.75, 3.05) is 25.0 Å². The predicted octanol–water partition coefficient (Wildman–Crippen LogP) is 1.30. The average molecular weight is 411 g/mol. The van der Waals surface area contributed by atoms with E-state index in [4.69, 9.17) is 4.74 Å². The minimum absolute atomic E-state index is 0.0392. The number of carbonyl (C=O) groups excluding carboxylic acids is 2. The van der Waals surface area contributed by atoms with Crippen LogP contribution < -0.4 is 21.9 Å². The zero-order valence-electron chi connectivity index (χ0n) is 17.8. The number of nitrogens with zero attached hydrogens (tertiary/aromatic N) is 2. The third kappa shape index (κ3) is 9.45. The second kappa shape index (κ2) is 13.6. The molecule has 0 aliphatic carbocycles. The summed E-state index contributed by atoms with van der Waals surface area (Å²) in [5, 5.41) is 5.99. The van der Waals surface area contributed by atoms with Crippen molar-refractivity contribution in [3.8, 4) is 0 Å². The highest BCUT2D eigenvalue weighted by Gasteiger charge is 2.05. The standard InChI is InChI=1S/C20H34N4O5/c1-4-29-19(27)12-8-6-10-14-22-17(25)11-7-5-9-13-21-16-15-18(26)24(3)20(28)23(16)2/h15,21H,4-14H2,1-3H3,(H,22,25). The van der Waals surface area contributed by atoms with Crippen molar-refractivity contribution in [1.82, 2.24) is 14.5 Å². The molecule has 0 aliphatic rings. The molecule has 0 atom stereocenters. The maximum atomic E-state index is 11.8. The summed E-state index contributed by atoms with van der Waals surface area (Å²) in [4.78, 5) is 46.5. The largest absolute Gasteiger partial charge is 0.466 e. The van der Waals surface area contributed by atoms with E-state index < -0.39 is 0 Å². The molecule has 0 aliphatic heterocycles. The quantitative estimate of drug-likeness (QED) is 0.353. The average Bonchev–Trinajstić information content (AvgIpc) is 2.69. The Morgan fingerprint density at radius 3 is 2.28 bits per heavy atom. The second-order valence-electron chi connectivity index (χ2n) is 6.97. The lowest BCUT2D eigenvalue weighted by Crippen LogP contribution is -2.37. The van der Waals surface area contributed by atoms with Crippen molar-refractivity contribution >= 4 is 17.7 Å². The van der Waals surface area contributed by atoms with E-state index in [-0.39, 0.29) is 23.1 Å². The molecule has 0 saturated carbocycles. The minimum Gasteiger partial charge on any atom is -0.466 e. The van der Waals surface area contributed by atoms with Crippen molar-refractivity contribution in [1.29, 1.82) is 0 Å². The van der Waals surface area contributed by atoms with Crippen LogP contribution in [0, 0.1) is 0 Å². The molecule has 9 heteroatoms. The van der Waals surface area contributed by atoms with Gasteiger partial charge in [-0.25, -0.2) is 4.79 Å². The first-order chi connectivity index (χ1) is 13.9. The summed E-state index contributed by atoms with van der Waals surface area (Å²) in [6, 6.07) is 1.40. The number of rotatable bonds is 14. The van der Waals surface area contributed by atoms with Gasteiger partial charge in [0.1, 0.15) is 5.82 Å². The summed E-state index contributed by atoms with van der Waals surface area (Å²) >= 11 is 0. The Bertz CT molecular complexity index is 769. The van der Waals surface area contributed by atoms with Gasteiger partial charge >= 0.3 is 11.7 Å². The van der Waals surface area contributed by atoms with E-state index >= 15 is 0 Å². The van der Waals surface area contributed by atoms with Gasteiger partial charge in [-0.2, -0.15) is 0 Å². The molecule has 9 nitrogen and oxygen atoms in total. The molecule has 0 unspecified atom stereocenters. The first-order valence-electron chi connectivity index (χ1n) is 10.3. The molecular weight excluding hydrogens is 376 g/mol. The van der Waals surface area contributed by atoms with Crippen molar-refractivity contribution < 1.29 is 14.3 Å². The molecule has 2 N–H and O–H groups in total. The lowest BCUT2D eigenvalue weighted by molar-refractivity contribution is -0.143. The van der Waals surface area contributed by atoms with E-state index in [0.717, 1.165) is 43.1 Å². The molecule has 1 amide bonds. The summed E-state index contributed by atoms with van der Waals surface area (Å²) in [6.45, 7) is 3.46. The summed E-state index contributed by atoms with van der Waals surface area (Å²) in [6.07, 6.45) is 5.92. The number of hydrogen-bond acceptors (Lipinski definition) is 6. The van der Waals surface area contributed by atoms with E-state index in [2.05, 4.69) is 10.6 Å². The van der Waals surface area contributed by atoms with Crippen LogP contribution in [-0.2, 0) is 28.4 Å². The molecule has 1 aromatic rings. The number of carbonyl (C=O) groups is 2. The first kappa shape index (κ1) is 24.5. The molecule has 1 rings (SSSR count). The van der Waals surface area contributed by atoms with Crippen molar-refractivity contribution in [2.45, 2.75) is 58.3 Å². The number of aromatic nitrogens is 2. The van der Waals surface area contributed by atoms with Gasteiger partial charge in [0.25, 0.3) is 5.56 Å². The van der Waals surface area contributed by atoms with Crippen LogP contribution in [0.2, 0.25) is 0 Å². The Labute approximate surface area is 171 Å². The van der Waals surface area contributed by atoms with Gasteiger partial charge in [0.15, 0.2) is 0 Å². The van der Waals surface area contributed by atoms with Crippen molar-refractivity contribution in [2.24, 2.45) is 14.1 Å². The fraction of sp³-hybridized carbons (Fsp3) is 0.700. The Morgan fingerprint density at radius 1 is 0.931 bits per heavy atom. The highest BCUT2D eigenvalue weighted by atomic mass is 16.5. The van der Waals surface area contributed by atoms with Gasteiger partial charge in [0, 0.05) is 46.1 Å². The normalized spacial score (nSPS) is 10.6. The molecule has 29 heavy (non-hydrogen) atoms. The van der Waals surface area contributed by atoms with Gasteiger partial charge in [-0.3, -0.25) is 23.5 Å². The van der Waals surface area contributed by atoms with E-state index in [1.165, 1.54) is 17.7 Å². The van der Waals surface area contributed by atoms with Gasteiger partial charge in [-0.05, 0) is 32.6 Å². The fourth-order valence-electron chi connectivity index (χ4n) is 2.83. The Morgan fingerprint density at radius 2 is 1.59 bits per heavy atom. The lowest BCUT2D eigenvalue weighted by atomic mass is 10.1. The third-order valence-electron chi connectivity index (χ3n) is 4.60. The lowest BCUT2D eigenvalue weighted by Gasteiger charge is -2.11. The van der Waals surface area contributed by atoms with Crippen molar-refractivity contribution in [3.63, 3.8) is 0 Å². The fourth-order valence-corrected chi connectivity index (χ4v) is 2.83. The van der Waals surface area contributed by atoms with Gasteiger partial charge in [0.2, 0.25) is 5.91 Å².